The largest absolute Gasteiger partial charge is 0.385 e. The number of hydrogen-bond donors (Lipinski definition) is 3. The van der Waals surface area contributed by atoms with Gasteiger partial charge in [-0.1, -0.05) is 171 Å². The third kappa shape index (κ3) is 14.4. The number of fused-ring (bicyclic) bond motifs is 2. The summed E-state index contributed by atoms with van der Waals surface area (Å²) in [5.74, 6) is 1.28. The third-order valence-corrected chi connectivity index (χ3v) is 13.9. The molecule has 2 aromatic carbocycles. The third-order valence-electron chi connectivity index (χ3n) is 12.6. The summed E-state index contributed by atoms with van der Waals surface area (Å²) in [4.78, 5) is 10.2. The molecule has 0 saturated heterocycles. The van der Waals surface area contributed by atoms with E-state index in [-0.39, 0.29) is 16.6 Å². The average Bonchev–Trinajstić information content (AvgIpc) is 4.05. The quantitative estimate of drug-likeness (QED) is 0.0412. The van der Waals surface area contributed by atoms with Crippen molar-refractivity contribution < 1.29 is 8.42 Å². The van der Waals surface area contributed by atoms with E-state index in [1.54, 1.807) is 21.4 Å². The van der Waals surface area contributed by atoms with Crippen LogP contribution in [0.4, 0.5) is 11.4 Å². The zero-order chi connectivity index (χ0) is 47.2. The van der Waals surface area contributed by atoms with Gasteiger partial charge in [0.25, 0.3) is 0 Å². The van der Waals surface area contributed by atoms with Crippen molar-refractivity contribution in [2.24, 2.45) is 0 Å². The highest BCUT2D eigenvalue weighted by Crippen LogP contribution is 2.31. The van der Waals surface area contributed by atoms with Crippen LogP contribution in [0.5, 0.6) is 0 Å². The van der Waals surface area contributed by atoms with Crippen molar-refractivity contribution in [1.82, 2.24) is 39.6 Å². The molecule has 4 aromatic heterocycles. The molecule has 0 saturated carbocycles. The smallest absolute Gasteiger partial charge is 0.232 e. The molecule has 0 atom stereocenters. The van der Waals surface area contributed by atoms with Crippen molar-refractivity contribution in [1.29, 1.82) is 0 Å². The molecule has 0 spiro atoms. The molecular formula is C53H80N10O2S. The monoisotopic (exact) mass is 921 g/mol. The Bertz CT molecular complexity index is 2560. The molecule has 0 aliphatic heterocycles. The normalized spacial score (nSPS) is 12.9. The fraction of sp³-hybridized carbons (Fsp3) is 0.604. The van der Waals surface area contributed by atoms with E-state index in [0.29, 0.717) is 35.1 Å². The van der Waals surface area contributed by atoms with Gasteiger partial charge in [0.15, 0.2) is 22.9 Å². The molecule has 0 amide bonds. The lowest BCUT2D eigenvalue weighted by Crippen LogP contribution is -2.22. The molecular weight excluding hydrogens is 841 g/mol. The summed E-state index contributed by atoms with van der Waals surface area (Å²) in [5, 5.41) is 22.8. The van der Waals surface area contributed by atoms with Gasteiger partial charge in [0, 0.05) is 50.7 Å². The highest BCUT2D eigenvalue weighted by molar-refractivity contribution is 7.92. The number of hydrogen-bond acceptors (Lipinski definition) is 8. The Labute approximate surface area is 395 Å². The summed E-state index contributed by atoms with van der Waals surface area (Å²) in [6, 6.07) is 15.7. The molecule has 360 valence electrons. The van der Waals surface area contributed by atoms with Crippen molar-refractivity contribution in [3.05, 3.63) is 70.7 Å². The first-order valence-corrected chi connectivity index (χ1v) is 27.1. The van der Waals surface area contributed by atoms with Crippen LogP contribution in [0.15, 0.2) is 48.5 Å². The molecule has 4 heterocycles. The van der Waals surface area contributed by atoms with Crippen molar-refractivity contribution in [3.8, 4) is 22.8 Å². The lowest BCUT2D eigenvalue weighted by atomic mass is 9.88. The predicted molar refractivity (Wildman–Crippen MR) is 275 cm³/mol. The summed E-state index contributed by atoms with van der Waals surface area (Å²) >= 11 is 0. The number of aromatic amines is 1. The van der Waals surface area contributed by atoms with Crippen molar-refractivity contribution in [2.45, 2.75) is 195 Å². The molecule has 0 aliphatic carbocycles. The minimum absolute atomic E-state index is 0.122. The first kappa shape index (κ1) is 50.6. The second kappa shape index (κ2) is 23.8. The molecule has 0 unspecified atom stereocenters. The van der Waals surface area contributed by atoms with Crippen LogP contribution in [0.2, 0.25) is 0 Å². The van der Waals surface area contributed by atoms with E-state index in [1.165, 1.54) is 109 Å². The Morgan fingerprint density at radius 3 is 1.59 bits per heavy atom. The number of unbranched alkanes of at least 4 members (excludes halogenated alkanes) is 18. The van der Waals surface area contributed by atoms with Crippen LogP contribution in [0, 0.1) is 0 Å². The Balaban J connectivity index is 1.13. The first-order chi connectivity index (χ1) is 31.7. The minimum atomic E-state index is -3.45. The van der Waals surface area contributed by atoms with Gasteiger partial charge < -0.3 is 5.32 Å². The van der Waals surface area contributed by atoms with E-state index in [2.05, 4.69) is 101 Å². The topological polar surface area (TPSA) is 147 Å². The molecule has 13 heteroatoms. The Morgan fingerprint density at radius 2 is 1.06 bits per heavy atom. The highest BCUT2D eigenvalue weighted by atomic mass is 32.2. The zero-order valence-electron chi connectivity index (χ0n) is 41.6. The molecule has 12 nitrogen and oxygen atoms in total. The Hall–Kier alpha value is -4.78. The van der Waals surface area contributed by atoms with E-state index < -0.39 is 10.0 Å². The van der Waals surface area contributed by atoms with E-state index in [0.717, 1.165) is 58.4 Å². The van der Waals surface area contributed by atoms with Gasteiger partial charge in [-0.05, 0) is 67.4 Å². The van der Waals surface area contributed by atoms with Crippen LogP contribution < -0.4 is 15.3 Å². The molecule has 0 aliphatic rings. The number of nitrogens with one attached hydrogen (secondary N) is 3. The lowest BCUT2D eigenvalue weighted by Gasteiger charge is -2.18. The van der Waals surface area contributed by atoms with Crippen LogP contribution in [0.3, 0.4) is 0 Å². The zero-order valence-corrected chi connectivity index (χ0v) is 42.4. The van der Waals surface area contributed by atoms with Gasteiger partial charge in [-0.2, -0.15) is 9.73 Å². The summed E-state index contributed by atoms with van der Waals surface area (Å²) in [7, 11) is -3.45. The summed E-state index contributed by atoms with van der Waals surface area (Å²) in [6.45, 7) is 18.5. The lowest BCUT2D eigenvalue weighted by molar-refractivity contribution is 0.553. The highest BCUT2D eigenvalue weighted by Gasteiger charge is 2.28. The first-order valence-electron chi connectivity index (χ1n) is 25.4. The van der Waals surface area contributed by atoms with Crippen molar-refractivity contribution in [2.75, 3.05) is 22.3 Å². The maximum atomic E-state index is 12.9. The Morgan fingerprint density at radius 1 is 0.576 bits per heavy atom. The maximum absolute atomic E-state index is 12.9. The molecule has 0 bridgehead atoms. The summed E-state index contributed by atoms with van der Waals surface area (Å²) in [6.07, 6.45) is 27.1. The van der Waals surface area contributed by atoms with E-state index in [1.807, 2.05) is 12.1 Å². The van der Waals surface area contributed by atoms with E-state index in [9.17, 15) is 8.42 Å². The second-order valence-corrected chi connectivity index (χ2v) is 22.4. The summed E-state index contributed by atoms with van der Waals surface area (Å²) in [5.41, 5.74) is 6.93. The molecule has 6 aromatic rings. The minimum Gasteiger partial charge on any atom is -0.385 e. The van der Waals surface area contributed by atoms with Gasteiger partial charge in [-0.25, -0.2) is 18.4 Å². The molecule has 0 radical (unpaired) electrons. The van der Waals surface area contributed by atoms with E-state index in [4.69, 9.17) is 25.3 Å². The predicted octanol–water partition coefficient (Wildman–Crippen LogP) is 13.0. The molecule has 3 N–H and O–H groups in total. The molecule has 66 heavy (non-hydrogen) atoms. The van der Waals surface area contributed by atoms with Gasteiger partial charge in [0.05, 0.1) is 17.1 Å². The van der Waals surface area contributed by atoms with Gasteiger partial charge in [-0.3, -0.25) is 9.82 Å². The van der Waals surface area contributed by atoms with Gasteiger partial charge in [0.2, 0.25) is 10.0 Å². The number of H-pyrrole nitrogens is 1. The van der Waals surface area contributed by atoms with Crippen LogP contribution in [-0.2, 0) is 20.9 Å². The number of anilines is 2. The van der Waals surface area contributed by atoms with Crippen LogP contribution >= 0.6 is 0 Å². The van der Waals surface area contributed by atoms with Crippen molar-refractivity contribution in [3.63, 3.8) is 0 Å². The molecule has 6 rings (SSSR count). The fourth-order valence-electron chi connectivity index (χ4n) is 8.70. The molecule has 0 fully saturated rings. The second-order valence-electron chi connectivity index (χ2n) is 20.6. The van der Waals surface area contributed by atoms with E-state index >= 15 is 0 Å². The van der Waals surface area contributed by atoms with Crippen LogP contribution in [0.25, 0.3) is 40.1 Å². The van der Waals surface area contributed by atoms with Gasteiger partial charge in [0.1, 0.15) is 0 Å². The van der Waals surface area contributed by atoms with Gasteiger partial charge in [-0.15, -0.1) is 14.8 Å². The number of nitrogens with zero attached hydrogens (tertiary/aromatic N) is 7. The van der Waals surface area contributed by atoms with Gasteiger partial charge >= 0.3 is 0 Å². The average molecular weight is 921 g/mol. The van der Waals surface area contributed by atoms with Crippen LogP contribution in [-0.4, -0.2) is 60.3 Å². The fourth-order valence-corrected chi connectivity index (χ4v) is 9.88. The number of rotatable bonds is 28. The maximum Gasteiger partial charge on any atom is 0.232 e. The van der Waals surface area contributed by atoms with Crippen molar-refractivity contribution >= 4 is 38.8 Å². The van der Waals surface area contributed by atoms with Crippen LogP contribution in [0.1, 0.15) is 201 Å². The Kier molecular flexibility index (Phi) is 18.2. The SMILES string of the molecule is CCCCCCCCCCCCNc1ccc(-c2nc3/c(=C\c4c(C(C)(C)C)[nH]n5nc(-c6ccc(NS(=O)(=O)CCCCCCCCCCCC)cc6)nc45)c(C(C)(C)C)nn3n2)cc1. The number of sulfonamides is 1. The standard InChI is InChI=1S/C53H80N10O2S/c1-9-11-13-15-17-19-21-23-25-27-37-54-42-33-29-40(30-34-42)48-55-50-44(46(52(3,4)5)57-62(50)59-48)39-45-47(53(6,7)8)58-63-51(45)56-49(60-63)41-31-35-43(36-32-41)61-66(64,65)38-28-26-24-22-20-18-16-14-12-10-2/h29-36,39,54,58,61H,9-28,37-38H2,1-8H3/b44-39-. The number of benzene rings is 2. The number of aromatic nitrogens is 8. The summed E-state index contributed by atoms with van der Waals surface area (Å²) < 4.78 is 32.0.